The van der Waals surface area contributed by atoms with E-state index in [0.29, 0.717) is 0 Å². The molecule has 0 saturated heterocycles. The number of hydrogen-bond donors (Lipinski definition) is 0. The van der Waals surface area contributed by atoms with Crippen LogP contribution in [0.1, 0.15) is 24.5 Å². The lowest BCUT2D eigenvalue weighted by Crippen LogP contribution is -2.40. The molecule has 0 N–H and O–H groups in total. The van der Waals surface area contributed by atoms with E-state index in [9.17, 15) is 8.42 Å². The summed E-state index contributed by atoms with van der Waals surface area (Å²) >= 11 is 0. The third kappa shape index (κ3) is 2.92. The second kappa shape index (κ2) is 5.97. The molecule has 2 aromatic rings. The molecule has 3 nitrogen and oxygen atoms in total. The third-order valence-electron chi connectivity index (χ3n) is 3.97. The number of fused-ring (bicyclic) bond motifs is 1. The molecular weight excluding hydrogens is 294 g/mol. The fourth-order valence-electron chi connectivity index (χ4n) is 2.84. The lowest BCUT2D eigenvalue weighted by atomic mass is 9.99. The molecule has 0 spiro atoms. The Morgan fingerprint density at radius 2 is 1.73 bits per heavy atom. The van der Waals surface area contributed by atoms with E-state index in [1.807, 2.05) is 61.5 Å². The van der Waals surface area contributed by atoms with Gasteiger partial charge >= 0.3 is 0 Å². The number of aryl methyl sites for hydroxylation is 1. The van der Waals surface area contributed by atoms with Crippen molar-refractivity contribution in [3.63, 3.8) is 0 Å². The number of nitrogens with zero attached hydrogens (tertiary/aromatic N) is 1. The van der Waals surface area contributed by atoms with Gasteiger partial charge in [-0.15, -0.1) is 0 Å². The molecule has 0 fully saturated rings. The van der Waals surface area contributed by atoms with Crippen LogP contribution in [0.25, 0.3) is 6.08 Å². The number of benzene rings is 2. The minimum Gasteiger partial charge on any atom is -0.264 e. The summed E-state index contributed by atoms with van der Waals surface area (Å²) in [6.07, 6.45) is 3.42. The molecule has 1 heterocycles. The molecule has 1 aliphatic heterocycles. The fraction of sp³-hybridized carbons (Fsp3) is 0.222. The van der Waals surface area contributed by atoms with E-state index in [-0.39, 0.29) is 6.04 Å². The highest BCUT2D eigenvalue weighted by atomic mass is 32.2. The molecule has 0 aromatic heterocycles. The molecule has 0 bridgehead atoms. The first-order chi connectivity index (χ1) is 10.6. The SMILES string of the molecule is C[C@@H]1CCc2ccccc2N1S(=O)(=O)/C=C/c1ccccc1. The minimum absolute atomic E-state index is 0.0275. The predicted octanol–water partition coefficient (Wildman–Crippen LogP) is 3.83. The number of hydrogen-bond acceptors (Lipinski definition) is 2. The standard InChI is InChI=1S/C18H19NO2S/c1-15-11-12-17-9-5-6-10-18(17)19(15)22(20,21)14-13-16-7-3-2-4-8-16/h2-10,13-15H,11-12H2,1H3/b14-13+/t15-/m1/s1. The molecule has 0 radical (unpaired) electrons. The highest BCUT2D eigenvalue weighted by Crippen LogP contribution is 2.33. The summed E-state index contributed by atoms with van der Waals surface area (Å²) in [5.74, 6) is 0. The van der Waals surface area contributed by atoms with Gasteiger partial charge in [-0.1, -0.05) is 48.5 Å². The largest absolute Gasteiger partial charge is 0.264 e. The number of rotatable bonds is 3. The van der Waals surface area contributed by atoms with Gasteiger partial charge < -0.3 is 0 Å². The molecule has 0 amide bonds. The molecule has 1 aliphatic rings. The monoisotopic (exact) mass is 313 g/mol. The van der Waals surface area contributed by atoms with Crippen LogP contribution in [-0.2, 0) is 16.4 Å². The fourth-order valence-corrected chi connectivity index (χ4v) is 4.36. The van der Waals surface area contributed by atoms with Crippen LogP contribution < -0.4 is 4.31 Å². The molecule has 22 heavy (non-hydrogen) atoms. The molecule has 114 valence electrons. The van der Waals surface area contributed by atoms with Crippen molar-refractivity contribution < 1.29 is 8.42 Å². The average Bonchev–Trinajstić information content (AvgIpc) is 2.53. The van der Waals surface area contributed by atoms with Gasteiger partial charge in [-0.25, -0.2) is 8.42 Å². The van der Waals surface area contributed by atoms with Crippen LogP contribution in [0.3, 0.4) is 0 Å². The molecule has 0 aliphatic carbocycles. The van der Waals surface area contributed by atoms with Gasteiger partial charge in [0.1, 0.15) is 0 Å². The van der Waals surface area contributed by atoms with Gasteiger partial charge in [-0.2, -0.15) is 0 Å². The zero-order chi connectivity index (χ0) is 15.6. The second-order valence-corrected chi connectivity index (χ2v) is 7.27. The molecule has 1 atom stereocenters. The van der Waals surface area contributed by atoms with Gasteiger partial charge in [0.25, 0.3) is 10.0 Å². The molecule has 2 aromatic carbocycles. The Balaban J connectivity index is 1.97. The van der Waals surface area contributed by atoms with Gasteiger partial charge in [0.15, 0.2) is 0 Å². The molecule has 3 rings (SSSR count). The Morgan fingerprint density at radius 1 is 1.05 bits per heavy atom. The maximum Gasteiger partial charge on any atom is 0.257 e. The molecule has 0 saturated carbocycles. The van der Waals surface area contributed by atoms with E-state index < -0.39 is 10.0 Å². The lowest BCUT2D eigenvalue weighted by Gasteiger charge is -2.35. The van der Waals surface area contributed by atoms with Crippen molar-refractivity contribution in [3.05, 3.63) is 71.1 Å². The van der Waals surface area contributed by atoms with Crippen LogP contribution in [0.4, 0.5) is 5.69 Å². The highest BCUT2D eigenvalue weighted by Gasteiger charge is 2.30. The first kappa shape index (κ1) is 14.9. The van der Waals surface area contributed by atoms with Gasteiger partial charge in [-0.3, -0.25) is 4.31 Å². The summed E-state index contributed by atoms with van der Waals surface area (Å²) in [7, 11) is -3.49. The molecule has 0 unspecified atom stereocenters. The van der Waals surface area contributed by atoms with E-state index >= 15 is 0 Å². The van der Waals surface area contributed by atoms with Gasteiger partial charge in [-0.05, 0) is 43.0 Å². The summed E-state index contributed by atoms with van der Waals surface area (Å²) in [5.41, 5.74) is 2.78. The van der Waals surface area contributed by atoms with Crippen LogP contribution in [0, 0.1) is 0 Å². The van der Waals surface area contributed by atoms with Crippen LogP contribution in [0.5, 0.6) is 0 Å². The van der Waals surface area contributed by atoms with Crippen LogP contribution in [0.2, 0.25) is 0 Å². The topological polar surface area (TPSA) is 37.4 Å². The summed E-state index contributed by atoms with van der Waals surface area (Å²) < 4.78 is 27.1. The smallest absolute Gasteiger partial charge is 0.257 e. The Bertz CT molecular complexity index is 782. The van der Waals surface area contributed by atoms with E-state index in [4.69, 9.17) is 0 Å². The maximum atomic E-state index is 12.8. The van der Waals surface area contributed by atoms with Crippen molar-refractivity contribution in [3.8, 4) is 0 Å². The highest BCUT2D eigenvalue weighted by molar-refractivity contribution is 7.95. The van der Waals surface area contributed by atoms with Crippen LogP contribution in [-0.4, -0.2) is 14.5 Å². The van der Waals surface area contributed by atoms with Crippen molar-refractivity contribution in [2.75, 3.05) is 4.31 Å². The number of para-hydroxylation sites is 1. The zero-order valence-corrected chi connectivity index (χ0v) is 13.3. The third-order valence-corrected chi connectivity index (χ3v) is 5.55. The summed E-state index contributed by atoms with van der Waals surface area (Å²) in [6, 6.07) is 17.2. The second-order valence-electron chi connectivity index (χ2n) is 5.57. The normalized spacial score (nSPS) is 18.4. The van der Waals surface area contributed by atoms with Crippen molar-refractivity contribution >= 4 is 21.8 Å². The lowest BCUT2D eigenvalue weighted by molar-refractivity contribution is 0.571. The minimum atomic E-state index is -3.49. The predicted molar refractivity (Wildman–Crippen MR) is 91.1 cm³/mol. The average molecular weight is 313 g/mol. The first-order valence-electron chi connectivity index (χ1n) is 7.43. The summed E-state index contributed by atoms with van der Waals surface area (Å²) in [5, 5.41) is 1.31. The van der Waals surface area contributed by atoms with Crippen LogP contribution in [0.15, 0.2) is 60.0 Å². The summed E-state index contributed by atoms with van der Waals surface area (Å²) in [6.45, 7) is 1.96. The van der Waals surface area contributed by atoms with E-state index in [2.05, 4.69) is 0 Å². The van der Waals surface area contributed by atoms with Gasteiger partial charge in [0.05, 0.1) is 11.1 Å². The van der Waals surface area contributed by atoms with Crippen molar-refractivity contribution in [2.24, 2.45) is 0 Å². The molecular formula is C18H19NO2S. The van der Waals surface area contributed by atoms with E-state index in [0.717, 1.165) is 29.7 Å². The summed E-state index contributed by atoms with van der Waals surface area (Å²) in [4.78, 5) is 0. The maximum absolute atomic E-state index is 12.8. The quantitative estimate of drug-likeness (QED) is 0.863. The van der Waals surface area contributed by atoms with Crippen molar-refractivity contribution in [1.82, 2.24) is 0 Å². The van der Waals surface area contributed by atoms with Gasteiger partial charge in [0.2, 0.25) is 0 Å². The van der Waals surface area contributed by atoms with E-state index in [1.54, 1.807) is 10.4 Å². The zero-order valence-electron chi connectivity index (χ0n) is 12.5. The first-order valence-corrected chi connectivity index (χ1v) is 8.94. The van der Waals surface area contributed by atoms with E-state index in [1.165, 1.54) is 5.41 Å². The Hall–Kier alpha value is -2.07. The van der Waals surface area contributed by atoms with Crippen molar-refractivity contribution in [2.45, 2.75) is 25.8 Å². The number of sulfonamides is 1. The molecule has 4 heteroatoms. The number of anilines is 1. The van der Waals surface area contributed by atoms with Crippen LogP contribution >= 0.6 is 0 Å². The van der Waals surface area contributed by atoms with Gasteiger partial charge in [0, 0.05) is 6.04 Å². The van der Waals surface area contributed by atoms with Crippen molar-refractivity contribution in [1.29, 1.82) is 0 Å². The Kier molecular flexibility index (Phi) is 4.03. The Morgan fingerprint density at radius 3 is 2.50 bits per heavy atom. The Labute approximate surface area is 132 Å².